The lowest BCUT2D eigenvalue weighted by Crippen LogP contribution is -2.16. The Labute approximate surface area is 88.2 Å². The Morgan fingerprint density at radius 3 is 3.08 bits per heavy atom. The van der Waals surface area contributed by atoms with Gasteiger partial charge in [0.2, 0.25) is 0 Å². The minimum atomic E-state index is 0.919. The van der Waals surface area contributed by atoms with Gasteiger partial charge in [-0.05, 0) is 12.7 Å². The second-order valence-electron chi connectivity index (χ2n) is 2.76. The zero-order valence-corrected chi connectivity index (χ0v) is 9.80. The largest absolute Gasteiger partial charge is 0.310 e. The first kappa shape index (κ1) is 11.0. The maximum atomic E-state index is 4.38. The Bertz CT molecular complexity index is 235. The molecule has 74 valence electrons. The van der Waals surface area contributed by atoms with E-state index in [2.05, 4.69) is 22.6 Å². The molecule has 0 amide bonds. The average molecular weight is 216 g/mol. The summed E-state index contributed by atoms with van der Waals surface area (Å²) >= 11 is 3.70. The van der Waals surface area contributed by atoms with Crippen molar-refractivity contribution >= 4 is 23.1 Å². The van der Waals surface area contributed by atoms with E-state index in [-0.39, 0.29) is 0 Å². The first-order chi connectivity index (χ1) is 6.33. The number of nitrogens with one attached hydrogen (secondary N) is 1. The normalized spacial score (nSPS) is 10.6. The third-order valence-electron chi connectivity index (χ3n) is 1.57. The van der Waals surface area contributed by atoms with Crippen LogP contribution >= 0.6 is 23.1 Å². The first-order valence-electron chi connectivity index (χ1n) is 4.52. The molecule has 13 heavy (non-hydrogen) atoms. The summed E-state index contributed by atoms with van der Waals surface area (Å²) in [6.45, 7) is 6.22. The molecule has 1 N–H and O–H groups in total. The zero-order valence-electron chi connectivity index (χ0n) is 8.17. The van der Waals surface area contributed by atoms with Gasteiger partial charge in [-0.15, -0.1) is 11.3 Å². The predicted octanol–water partition coefficient (Wildman–Crippen LogP) is 2.29. The van der Waals surface area contributed by atoms with Crippen molar-refractivity contribution < 1.29 is 0 Å². The van der Waals surface area contributed by atoms with Crippen LogP contribution in [-0.2, 0) is 6.54 Å². The molecule has 0 atom stereocenters. The van der Waals surface area contributed by atoms with Gasteiger partial charge < -0.3 is 5.32 Å². The van der Waals surface area contributed by atoms with E-state index < -0.39 is 0 Å². The molecule has 0 bridgehead atoms. The average Bonchev–Trinajstić information content (AvgIpc) is 2.51. The van der Waals surface area contributed by atoms with E-state index in [0.717, 1.165) is 18.8 Å². The van der Waals surface area contributed by atoms with Gasteiger partial charge in [0.15, 0.2) is 0 Å². The van der Waals surface area contributed by atoms with Gasteiger partial charge in [-0.25, -0.2) is 4.98 Å². The van der Waals surface area contributed by atoms with Gasteiger partial charge in [0, 0.05) is 29.9 Å². The number of nitrogens with zero attached hydrogens (tertiary/aromatic N) is 1. The maximum Gasteiger partial charge on any atom is 0.107 e. The summed E-state index contributed by atoms with van der Waals surface area (Å²) in [5.74, 6) is 2.40. The molecule has 4 heteroatoms. The number of rotatable bonds is 6. The molecule has 1 rings (SSSR count). The van der Waals surface area contributed by atoms with E-state index in [1.807, 2.05) is 18.7 Å². The van der Waals surface area contributed by atoms with Crippen molar-refractivity contribution in [2.24, 2.45) is 0 Å². The molecule has 1 aromatic heterocycles. The quantitative estimate of drug-likeness (QED) is 0.739. The summed E-state index contributed by atoms with van der Waals surface area (Å²) < 4.78 is 0. The van der Waals surface area contributed by atoms with Gasteiger partial charge in [0.05, 0.1) is 0 Å². The summed E-state index contributed by atoms with van der Waals surface area (Å²) in [5.41, 5.74) is 1.13. The second kappa shape index (κ2) is 6.40. The van der Waals surface area contributed by atoms with E-state index in [1.165, 1.54) is 16.5 Å². The molecular weight excluding hydrogens is 200 g/mol. The van der Waals surface area contributed by atoms with Crippen molar-refractivity contribution in [1.29, 1.82) is 0 Å². The highest BCUT2D eigenvalue weighted by Gasteiger charge is 1.96. The van der Waals surface area contributed by atoms with Gasteiger partial charge in [-0.2, -0.15) is 11.8 Å². The maximum absolute atomic E-state index is 4.38. The molecule has 0 fully saturated rings. The molecule has 0 aromatic carbocycles. The summed E-state index contributed by atoms with van der Waals surface area (Å²) in [4.78, 5) is 4.38. The van der Waals surface area contributed by atoms with Gasteiger partial charge in [0.1, 0.15) is 5.01 Å². The Morgan fingerprint density at radius 2 is 2.46 bits per heavy atom. The van der Waals surface area contributed by atoms with Gasteiger partial charge >= 0.3 is 0 Å². The minimum absolute atomic E-state index is 0.919. The highest BCUT2D eigenvalue weighted by molar-refractivity contribution is 7.99. The van der Waals surface area contributed by atoms with E-state index >= 15 is 0 Å². The molecule has 0 saturated carbocycles. The van der Waals surface area contributed by atoms with Gasteiger partial charge in [0.25, 0.3) is 0 Å². The van der Waals surface area contributed by atoms with Crippen LogP contribution in [0.15, 0.2) is 5.38 Å². The Morgan fingerprint density at radius 1 is 1.62 bits per heavy atom. The summed E-state index contributed by atoms with van der Waals surface area (Å²) in [6.07, 6.45) is 0. The third kappa shape index (κ3) is 4.64. The Hall–Kier alpha value is -0.0600. The fraction of sp³-hybridized carbons (Fsp3) is 0.667. The monoisotopic (exact) mass is 216 g/mol. The van der Waals surface area contributed by atoms with Crippen molar-refractivity contribution in [1.82, 2.24) is 10.3 Å². The van der Waals surface area contributed by atoms with E-state index in [4.69, 9.17) is 0 Å². The molecule has 1 aromatic rings. The van der Waals surface area contributed by atoms with Crippen molar-refractivity contribution in [3.05, 3.63) is 16.1 Å². The van der Waals surface area contributed by atoms with Gasteiger partial charge in [-0.3, -0.25) is 0 Å². The fourth-order valence-electron chi connectivity index (χ4n) is 0.968. The Kier molecular flexibility index (Phi) is 5.43. The number of hydrogen-bond donors (Lipinski definition) is 1. The van der Waals surface area contributed by atoms with E-state index in [1.54, 1.807) is 11.3 Å². The standard InChI is InChI=1S/C9H16N2S2/c1-3-12-5-4-10-6-9-11-8(2)7-13-9/h7,10H,3-6H2,1-2H3. The number of aryl methyl sites for hydroxylation is 1. The van der Waals surface area contributed by atoms with Crippen LogP contribution in [0.5, 0.6) is 0 Å². The predicted molar refractivity (Wildman–Crippen MR) is 61.6 cm³/mol. The van der Waals surface area contributed by atoms with E-state index in [9.17, 15) is 0 Å². The number of thioether (sulfide) groups is 1. The van der Waals surface area contributed by atoms with Crippen LogP contribution < -0.4 is 5.32 Å². The molecule has 1 heterocycles. The molecule has 0 aliphatic heterocycles. The topological polar surface area (TPSA) is 24.9 Å². The van der Waals surface area contributed by atoms with Crippen molar-refractivity contribution in [2.45, 2.75) is 20.4 Å². The molecule has 0 radical (unpaired) electrons. The van der Waals surface area contributed by atoms with Crippen molar-refractivity contribution in [3.63, 3.8) is 0 Å². The van der Waals surface area contributed by atoms with Crippen LogP contribution in [0.2, 0.25) is 0 Å². The smallest absolute Gasteiger partial charge is 0.107 e. The molecule has 0 aliphatic rings. The van der Waals surface area contributed by atoms with Crippen molar-refractivity contribution in [2.75, 3.05) is 18.1 Å². The fourth-order valence-corrected chi connectivity index (χ4v) is 2.29. The first-order valence-corrected chi connectivity index (χ1v) is 6.56. The highest BCUT2D eigenvalue weighted by Crippen LogP contribution is 2.07. The molecule has 0 saturated heterocycles. The SMILES string of the molecule is CCSCCNCc1nc(C)cs1. The zero-order chi connectivity index (χ0) is 9.52. The lowest BCUT2D eigenvalue weighted by atomic mass is 10.5. The third-order valence-corrected chi connectivity index (χ3v) is 3.44. The minimum Gasteiger partial charge on any atom is -0.310 e. The second-order valence-corrected chi connectivity index (χ2v) is 5.09. The number of hydrogen-bond acceptors (Lipinski definition) is 4. The molecule has 2 nitrogen and oxygen atoms in total. The summed E-state index contributed by atoms with van der Waals surface area (Å²) in [6, 6.07) is 0. The lowest BCUT2D eigenvalue weighted by Gasteiger charge is -2.00. The summed E-state index contributed by atoms with van der Waals surface area (Å²) in [5, 5.41) is 6.67. The van der Waals surface area contributed by atoms with Crippen molar-refractivity contribution in [3.8, 4) is 0 Å². The van der Waals surface area contributed by atoms with E-state index in [0.29, 0.717) is 0 Å². The van der Waals surface area contributed by atoms with Crippen LogP contribution in [0.1, 0.15) is 17.6 Å². The molecule has 0 unspecified atom stereocenters. The Balaban J connectivity index is 2.06. The molecular formula is C9H16N2S2. The lowest BCUT2D eigenvalue weighted by molar-refractivity contribution is 0.726. The van der Waals surface area contributed by atoms with Crippen LogP contribution in [-0.4, -0.2) is 23.0 Å². The van der Waals surface area contributed by atoms with Crippen LogP contribution in [0.25, 0.3) is 0 Å². The van der Waals surface area contributed by atoms with Gasteiger partial charge in [-0.1, -0.05) is 6.92 Å². The number of thiazole rings is 1. The molecule has 0 aliphatic carbocycles. The molecule has 0 spiro atoms. The van der Waals surface area contributed by atoms with Crippen LogP contribution in [0.3, 0.4) is 0 Å². The van der Waals surface area contributed by atoms with Crippen LogP contribution in [0.4, 0.5) is 0 Å². The number of aromatic nitrogens is 1. The highest BCUT2D eigenvalue weighted by atomic mass is 32.2. The van der Waals surface area contributed by atoms with Crippen LogP contribution in [0, 0.1) is 6.92 Å². The summed E-state index contributed by atoms with van der Waals surface area (Å²) in [7, 11) is 0.